The van der Waals surface area contributed by atoms with Crippen LogP contribution in [-0.4, -0.2) is 37.7 Å². The predicted octanol–water partition coefficient (Wildman–Crippen LogP) is 6.94. The third-order valence-electron chi connectivity index (χ3n) is 4.15. The van der Waals surface area contributed by atoms with Gasteiger partial charge in [0.25, 0.3) is 0 Å². The van der Waals surface area contributed by atoms with E-state index >= 15 is 0 Å². The molecule has 2 aromatic carbocycles. The monoisotopic (exact) mass is 396 g/mol. The van der Waals surface area contributed by atoms with Crippen molar-refractivity contribution < 1.29 is 4.74 Å². The summed E-state index contributed by atoms with van der Waals surface area (Å²) in [5, 5.41) is 20.2. The summed E-state index contributed by atoms with van der Waals surface area (Å²) in [4.78, 5) is 0. The highest BCUT2D eigenvalue weighted by Crippen LogP contribution is 2.26. The molecule has 0 aliphatic carbocycles. The van der Waals surface area contributed by atoms with Crippen LogP contribution in [-0.2, 0) is 0 Å². The van der Waals surface area contributed by atoms with Crippen molar-refractivity contribution >= 4 is 11.4 Å². The fraction of sp³-hybridized carbons (Fsp3) is 0.455. The average Bonchev–Trinajstić information content (AvgIpc) is 2.72. The van der Waals surface area contributed by atoms with Crippen LogP contribution in [0.2, 0.25) is 0 Å². The van der Waals surface area contributed by atoms with Crippen LogP contribution in [0.15, 0.2) is 69.2 Å². The van der Waals surface area contributed by atoms with Gasteiger partial charge in [0.1, 0.15) is 11.5 Å². The van der Waals surface area contributed by atoms with Crippen LogP contribution >= 0.6 is 0 Å². The summed E-state index contributed by atoms with van der Waals surface area (Å²) in [7, 11) is 5.62. The second kappa shape index (κ2) is 12.5. The van der Waals surface area contributed by atoms with Crippen LogP contribution < -0.4 is 4.74 Å². The van der Waals surface area contributed by atoms with E-state index in [2.05, 4.69) is 27.6 Å². The molecule has 0 saturated carbocycles. The van der Waals surface area contributed by atoms with Crippen molar-refractivity contribution in [1.29, 1.82) is 0 Å². The van der Waals surface area contributed by atoms with Crippen LogP contribution in [0, 0.1) is 0 Å². The number of unbranched alkanes of at least 4 members (excludes halogenated alkanes) is 4. The summed E-state index contributed by atoms with van der Waals surface area (Å²) in [6.45, 7) is 3.16. The molecule has 156 valence electrons. The van der Waals surface area contributed by atoms with E-state index in [1.54, 1.807) is 5.01 Å². The topological polar surface area (TPSA) is 65.1 Å². The molecular weight excluding hydrogens is 364 g/mol. The first-order valence-corrected chi connectivity index (χ1v) is 10.2. The summed E-state index contributed by atoms with van der Waals surface area (Å²) in [5.74, 6) is 1.49. The molecule has 29 heavy (non-hydrogen) atoms. The molecule has 0 spiro atoms. The zero-order valence-corrected chi connectivity index (χ0v) is 18.0. The standard InChI is InChI=1S/C22H32N6O/c1-5-6-7-8-9-18-28(4)26-24-20-12-16-22(17-13-20)29-21-14-10-19(11-15-21)23-25-27(2)3/h10-17H,5-9,18H2,1-4H3. The molecule has 0 saturated heterocycles. The molecule has 0 amide bonds. The van der Waals surface area contributed by atoms with E-state index in [1.165, 1.54) is 25.7 Å². The van der Waals surface area contributed by atoms with Crippen LogP contribution in [0.3, 0.4) is 0 Å². The molecule has 0 aliphatic rings. The van der Waals surface area contributed by atoms with Crippen molar-refractivity contribution in [2.24, 2.45) is 20.7 Å². The van der Waals surface area contributed by atoms with Gasteiger partial charge in [-0.25, -0.2) is 0 Å². The smallest absolute Gasteiger partial charge is 0.127 e. The zero-order chi connectivity index (χ0) is 20.9. The Morgan fingerprint density at radius 1 is 0.690 bits per heavy atom. The molecule has 0 fully saturated rings. The van der Waals surface area contributed by atoms with Crippen molar-refractivity contribution in [3.8, 4) is 11.5 Å². The van der Waals surface area contributed by atoms with Crippen molar-refractivity contribution in [1.82, 2.24) is 10.0 Å². The van der Waals surface area contributed by atoms with Crippen molar-refractivity contribution in [2.75, 3.05) is 27.7 Å². The third-order valence-corrected chi connectivity index (χ3v) is 4.15. The molecule has 7 heteroatoms. The number of rotatable bonds is 12. The molecule has 7 nitrogen and oxygen atoms in total. The minimum Gasteiger partial charge on any atom is -0.457 e. The first-order chi connectivity index (χ1) is 14.1. The van der Waals surface area contributed by atoms with Gasteiger partial charge < -0.3 is 4.74 Å². The highest BCUT2D eigenvalue weighted by atomic mass is 16.5. The second-order valence-electron chi connectivity index (χ2n) is 7.11. The summed E-state index contributed by atoms with van der Waals surface area (Å²) in [5.41, 5.74) is 1.57. The quantitative estimate of drug-likeness (QED) is 0.222. The Bertz CT molecular complexity index is 756. The lowest BCUT2D eigenvalue weighted by Gasteiger charge is -2.10. The first-order valence-electron chi connectivity index (χ1n) is 10.2. The van der Waals surface area contributed by atoms with Gasteiger partial charge in [0, 0.05) is 27.7 Å². The number of benzene rings is 2. The van der Waals surface area contributed by atoms with Crippen LogP contribution in [0.4, 0.5) is 11.4 Å². The van der Waals surface area contributed by atoms with E-state index in [9.17, 15) is 0 Å². The lowest BCUT2D eigenvalue weighted by Crippen LogP contribution is -2.11. The third kappa shape index (κ3) is 9.19. The number of ether oxygens (including phenoxy) is 1. The molecule has 0 N–H and O–H groups in total. The van der Waals surface area contributed by atoms with Crippen molar-refractivity contribution in [3.05, 3.63) is 48.5 Å². The SMILES string of the molecule is CCCCCCCN(C)N=Nc1ccc(Oc2ccc(N=NN(C)C)cc2)cc1. The van der Waals surface area contributed by atoms with Gasteiger partial charge in [-0.15, -0.1) is 10.2 Å². The number of hydrogen-bond donors (Lipinski definition) is 0. The van der Waals surface area contributed by atoms with E-state index in [4.69, 9.17) is 4.74 Å². The van der Waals surface area contributed by atoms with E-state index in [1.807, 2.05) is 74.7 Å². The molecular formula is C22H32N6O. The van der Waals surface area contributed by atoms with Gasteiger partial charge in [-0.1, -0.05) is 43.1 Å². The fourth-order valence-corrected chi connectivity index (χ4v) is 2.56. The molecule has 2 aromatic rings. The van der Waals surface area contributed by atoms with Gasteiger partial charge in [0.15, 0.2) is 0 Å². The Hall–Kier alpha value is -2.96. The molecule has 0 heterocycles. The molecule has 0 aromatic heterocycles. The highest BCUT2D eigenvalue weighted by Gasteiger charge is 2.00. The van der Waals surface area contributed by atoms with Gasteiger partial charge in [0.05, 0.1) is 11.4 Å². The van der Waals surface area contributed by atoms with Gasteiger partial charge >= 0.3 is 0 Å². The summed E-state index contributed by atoms with van der Waals surface area (Å²) in [6, 6.07) is 15.0. The normalized spacial score (nSPS) is 11.3. The Morgan fingerprint density at radius 2 is 1.21 bits per heavy atom. The van der Waals surface area contributed by atoms with E-state index in [-0.39, 0.29) is 0 Å². The predicted molar refractivity (Wildman–Crippen MR) is 117 cm³/mol. The summed E-state index contributed by atoms with van der Waals surface area (Å²) in [6.07, 6.45) is 6.28. The Kier molecular flexibility index (Phi) is 9.62. The van der Waals surface area contributed by atoms with Gasteiger partial charge in [-0.05, 0) is 55.0 Å². The maximum Gasteiger partial charge on any atom is 0.127 e. The van der Waals surface area contributed by atoms with Gasteiger partial charge in [-0.3, -0.25) is 10.0 Å². The van der Waals surface area contributed by atoms with E-state index < -0.39 is 0 Å². The minimum absolute atomic E-state index is 0.742. The fourth-order valence-electron chi connectivity index (χ4n) is 2.56. The minimum atomic E-state index is 0.742. The zero-order valence-electron chi connectivity index (χ0n) is 18.0. The largest absolute Gasteiger partial charge is 0.457 e. The van der Waals surface area contributed by atoms with Crippen LogP contribution in [0.25, 0.3) is 0 Å². The Labute approximate surface area is 174 Å². The average molecular weight is 397 g/mol. The lowest BCUT2D eigenvalue weighted by molar-refractivity contribution is 0.321. The Balaban J connectivity index is 1.80. The maximum absolute atomic E-state index is 5.86. The molecule has 0 atom stereocenters. The number of nitrogens with zero attached hydrogens (tertiary/aromatic N) is 6. The van der Waals surface area contributed by atoms with Crippen molar-refractivity contribution in [2.45, 2.75) is 39.0 Å². The van der Waals surface area contributed by atoms with E-state index in [0.717, 1.165) is 35.8 Å². The van der Waals surface area contributed by atoms with Gasteiger partial charge in [-0.2, -0.15) is 0 Å². The molecule has 0 radical (unpaired) electrons. The molecule has 0 aliphatic heterocycles. The molecule has 0 bridgehead atoms. The number of hydrogen-bond acceptors (Lipinski definition) is 5. The molecule has 0 unspecified atom stereocenters. The Morgan fingerprint density at radius 3 is 1.72 bits per heavy atom. The maximum atomic E-state index is 5.86. The van der Waals surface area contributed by atoms with E-state index in [0.29, 0.717) is 0 Å². The lowest BCUT2D eigenvalue weighted by atomic mass is 10.1. The van der Waals surface area contributed by atoms with Crippen molar-refractivity contribution in [3.63, 3.8) is 0 Å². The molecule has 2 rings (SSSR count). The highest BCUT2D eigenvalue weighted by molar-refractivity contribution is 5.44. The van der Waals surface area contributed by atoms with Crippen LogP contribution in [0.5, 0.6) is 11.5 Å². The summed E-state index contributed by atoms with van der Waals surface area (Å²) < 4.78 is 5.86. The first kappa shape index (κ1) is 22.3. The van der Waals surface area contributed by atoms with Gasteiger partial charge in [0.2, 0.25) is 0 Å². The van der Waals surface area contributed by atoms with Crippen LogP contribution in [0.1, 0.15) is 39.0 Å². The second-order valence-corrected chi connectivity index (χ2v) is 7.11. The summed E-state index contributed by atoms with van der Waals surface area (Å²) >= 11 is 0.